The highest BCUT2D eigenvalue weighted by Crippen LogP contribution is 2.38. The van der Waals surface area contributed by atoms with Crippen LogP contribution in [0.1, 0.15) is 35.3 Å². The van der Waals surface area contributed by atoms with Crippen LogP contribution in [0, 0.1) is 13.8 Å². The molecule has 0 spiro atoms. The molecule has 32 heavy (non-hydrogen) atoms. The van der Waals surface area contributed by atoms with E-state index in [-0.39, 0.29) is 5.56 Å². The topological polar surface area (TPSA) is 60.7 Å². The van der Waals surface area contributed by atoms with Gasteiger partial charge >= 0.3 is 6.18 Å². The second kappa shape index (κ2) is 7.89. The van der Waals surface area contributed by atoms with E-state index >= 15 is 0 Å². The van der Waals surface area contributed by atoms with Crippen molar-refractivity contribution in [2.75, 3.05) is 19.5 Å². The van der Waals surface area contributed by atoms with Crippen molar-refractivity contribution < 1.29 is 22.6 Å². The lowest BCUT2D eigenvalue weighted by Gasteiger charge is -2.21. The minimum atomic E-state index is -4.42. The van der Waals surface area contributed by atoms with Gasteiger partial charge in [-0.05, 0) is 44.0 Å². The minimum absolute atomic E-state index is 0.182. The van der Waals surface area contributed by atoms with Gasteiger partial charge in [0.15, 0.2) is 11.5 Å². The van der Waals surface area contributed by atoms with Crippen LogP contribution in [0.15, 0.2) is 36.5 Å². The van der Waals surface area contributed by atoms with Crippen LogP contribution in [-0.4, -0.2) is 28.6 Å². The molecule has 6 nitrogen and oxygen atoms in total. The predicted octanol–water partition coefficient (Wildman–Crippen LogP) is 5.71. The summed E-state index contributed by atoms with van der Waals surface area (Å²) in [5, 5.41) is 4.01. The molecule has 0 fully saturated rings. The lowest BCUT2D eigenvalue weighted by molar-refractivity contribution is -0.138. The van der Waals surface area contributed by atoms with Crippen LogP contribution in [0.5, 0.6) is 11.5 Å². The molecule has 2 aromatic heterocycles. The maximum absolute atomic E-state index is 13.4. The molecule has 4 aromatic rings. The molecule has 1 atom stereocenters. The average molecular weight is 444 g/mol. The highest BCUT2D eigenvalue weighted by atomic mass is 19.4. The number of nitrogens with one attached hydrogen (secondary N) is 1. The number of rotatable bonds is 5. The molecule has 0 aliphatic rings. The normalized spacial score (nSPS) is 12.9. The third kappa shape index (κ3) is 3.68. The molecule has 0 saturated carbocycles. The summed E-state index contributed by atoms with van der Waals surface area (Å²) in [6.45, 7) is 5.15. The maximum Gasteiger partial charge on any atom is 0.416 e. The van der Waals surface area contributed by atoms with Gasteiger partial charge in [0, 0.05) is 17.6 Å². The molecule has 4 rings (SSSR count). The van der Waals surface area contributed by atoms with Crippen LogP contribution < -0.4 is 14.8 Å². The third-order valence-electron chi connectivity index (χ3n) is 5.54. The number of alkyl halides is 3. The predicted molar refractivity (Wildman–Crippen MR) is 117 cm³/mol. The molecular weight excluding hydrogens is 421 g/mol. The van der Waals surface area contributed by atoms with Crippen molar-refractivity contribution >= 4 is 22.5 Å². The van der Waals surface area contributed by atoms with Crippen molar-refractivity contribution in [1.29, 1.82) is 0 Å². The highest BCUT2D eigenvalue weighted by Gasteiger charge is 2.33. The second-order valence-electron chi connectivity index (χ2n) is 7.62. The first-order valence-electron chi connectivity index (χ1n) is 9.98. The number of imidazole rings is 1. The van der Waals surface area contributed by atoms with Gasteiger partial charge in [-0.1, -0.05) is 12.1 Å². The van der Waals surface area contributed by atoms with E-state index in [1.165, 1.54) is 13.0 Å². The van der Waals surface area contributed by atoms with E-state index < -0.39 is 17.8 Å². The lowest BCUT2D eigenvalue weighted by atomic mass is 9.97. The standard InChI is InChI=1S/C23H23F3N4O2/c1-12-11-30-18-10-20(32-5)19(31-4)9-16(18)21(29-22(30)27-12)28-14(3)15-7-6-8-17(13(15)2)23(24,25)26/h6-11,14H,1-5H3,(H,27,28,29). The van der Waals surface area contributed by atoms with E-state index in [1.54, 1.807) is 33.3 Å². The molecular formula is C23H23F3N4O2. The molecule has 168 valence electrons. The van der Waals surface area contributed by atoms with Gasteiger partial charge in [0.05, 0.1) is 37.0 Å². The Bertz CT molecular complexity index is 1310. The molecule has 0 bridgehead atoms. The second-order valence-corrected chi connectivity index (χ2v) is 7.62. The number of aryl methyl sites for hydroxylation is 1. The number of anilines is 1. The number of halogens is 3. The van der Waals surface area contributed by atoms with Gasteiger partial charge in [0.1, 0.15) is 5.82 Å². The van der Waals surface area contributed by atoms with Gasteiger partial charge in [-0.3, -0.25) is 4.40 Å². The van der Waals surface area contributed by atoms with Gasteiger partial charge in [-0.15, -0.1) is 0 Å². The Balaban J connectivity index is 1.87. The van der Waals surface area contributed by atoms with E-state index in [0.29, 0.717) is 28.7 Å². The minimum Gasteiger partial charge on any atom is -0.493 e. The molecule has 2 heterocycles. The number of ether oxygens (including phenoxy) is 2. The summed E-state index contributed by atoms with van der Waals surface area (Å²) in [7, 11) is 3.09. The van der Waals surface area contributed by atoms with Crippen LogP contribution in [0.2, 0.25) is 0 Å². The van der Waals surface area contributed by atoms with Crippen molar-refractivity contribution in [2.24, 2.45) is 0 Å². The molecule has 0 aliphatic carbocycles. The first kappa shape index (κ1) is 21.7. The average Bonchev–Trinajstić information content (AvgIpc) is 3.12. The highest BCUT2D eigenvalue weighted by molar-refractivity contribution is 5.94. The van der Waals surface area contributed by atoms with Crippen LogP contribution in [0.3, 0.4) is 0 Å². The molecule has 0 amide bonds. The van der Waals surface area contributed by atoms with Gasteiger partial charge < -0.3 is 14.8 Å². The van der Waals surface area contributed by atoms with Crippen LogP contribution in [0.25, 0.3) is 16.7 Å². The number of aromatic nitrogens is 3. The zero-order chi connectivity index (χ0) is 23.2. The summed E-state index contributed by atoms with van der Waals surface area (Å²) in [5.74, 6) is 2.02. The molecule has 1 unspecified atom stereocenters. The first-order valence-corrected chi connectivity index (χ1v) is 9.98. The summed E-state index contributed by atoms with van der Waals surface area (Å²) < 4.78 is 52.9. The smallest absolute Gasteiger partial charge is 0.416 e. The van der Waals surface area contributed by atoms with Gasteiger partial charge in [0.2, 0.25) is 5.78 Å². The molecule has 0 radical (unpaired) electrons. The first-order chi connectivity index (χ1) is 15.1. The molecule has 2 aromatic carbocycles. The summed E-state index contributed by atoms with van der Waals surface area (Å²) in [6.07, 6.45) is -2.55. The fraction of sp³-hybridized carbons (Fsp3) is 0.304. The van der Waals surface area contributed by atoms with E-state index in [1.807, 2.05) is 23.6 Å². The Morgan fingerprint density at radius 3 is 2.38 bits per heavy atom. The zero-order valence-electron chi connectivity index (χ0n) is 18.3. The van der Waals surface area contributed by atoms with Gasteiger partial charge in [-0.25, -0.2) is 4.98 Å². The van der Waals surface area contributed by atoms with Crippen LogP contribution >= 0.6 is 0 Å². The van der Waals surface area contributed by atoms with Crippen molar-refractivity contribution in [3.63, 3.8) is 0 Å². The van der Waals surface area contributed by atoms with Gasteiger partial charge in [-0.2, -0.15) is 18.2 Å². The molecule has 1 N–H and O–H groups in total. The maximum atomic E-state index is 13.4. The number of fused-ring (bicyclic) bond motifs is 3. The Hall–Kier alpha value is -3.49. The summed E-state index contributed by atoms with van der Waals surface area (Å²) >= 11 is 0. The van der Waals surface area contributed by atoms with E-state index in [4.69, 9.17) is 9.47 Å². The SMILES string of the molecule is COc1cc2c(NC(C)c3cccc(C(F)(F)F)c3C)nc3nc(C)cn3c2cc1OC. The number of benzene rings is 2. The Morgan fingerprint density at radius 1 is 1.03 bits per heavy atom. The Labute approximate surface area is 183 Å². The number of hydrogen-bond donors (Lipinski definition) is 1. The van der Waals surface area contributed by atoms with Crippen LogP contribution in [0.4, 0.5) is 19.0 Å². The van der Waals surface area contributed by atoms with E-state index in [9.17, 15) is 13.2 Å². The van der Waals surface area contributed by atoms with E-state index in [2.05, 4.69) is 15.3 Å². The quantitative estimate of drug-likeness (QED) is 0.427. The van der Waals surface area contributed by atoms with Crippen molar-refractivity contribution in [3.05, 3.63) is 58.9 Å². The van der Waals surface area contributed by atoms with Crippen molar-refractivity contribution in [1.82, 2.24) is 14.4 Å². The lowest BCUT2D eigenvalue weighted by Crippen LogP contribution is -2.14. The molecule has 0 saturated heterocycles. The largest absolute Gasteiger partial charge is 0.493 e. The summed E-state index contributed by atoms with van der Waals surface area (Å²) in [5.41, 5.74) is 1.64. The van der Waals surface area contributed by atoms with Crippen molar-refractivity contribution in [3.8, 4) is 11.5 Å². The zero-order valence-corrected chi connectivity index (χ0v) is 18.3. The van der Waals surface area contributed by atoms with Crippen molar-refractivity contribution in [2.45, 2.75) is 33.0 Å². The van der Waals surface area contributed by atoms with Gasteiger partial charge in [0.25, 0.3) is 0 Å². The Kier molecular flexibility index (Phi) is 5.36. The Morgan fingerprint density at radius 2 is 1.72 bits per heavy atom. The fourth-order valence-electron chi connectivity index (χ4n) is 3.98. The fourth-order valence-corrected chi connectivity index (χ4v) is 3.98. The third-order valence-corrected chi connectivity index (χ3v) is 5.54. The number of nitrogens with zero attached hydrogens (tertiary/aromatic N) is 3. The molecule has 0 aliphatic heterocycles. The summed E-state index contributed by atoms with van der Waals surface area (Å²) in [4.78, 5) is 9.10. The number of hydrogen-bond acceptors (Lipinski definition) is 5. The monoisotopic (exact) mass is 444 g/mol. The molecule has 9 heteroatoms. The summed E-state index contributed by atoms with van der Waals surface area (Å²) in [6, 6.07) is 7.38. The van der Waals surface area contributed by atoms with E-state index in [0.717, 1.165) is 22.7 Å². The van der Waals surface area contributed by atoms with Crippen LogP contribution in [-0.2, 0) is 6.18 Å². The number of methoxy groups -OCH3 is 2.